The summed E-state index contributed by atoms with van der Waals surface area (Å²) in [6.07, 6.45) is -1.65. The van der Waals surface area contributed by atoms with Gasteiger partial charge in [-0.3, -0.25) is 0 Å². The zero-order valence-electron chi connectivity index (χ0n) is 6.47. The van der Waals surface area contributed by atoms with Crippen molar-refractivity contribution >= 4 is 0 Å². The third-order valence-corrected chi connectivity index (χ3v) is 2.02. The molecule has 0 aliphatic carbocycles. The number of aliphatic hydroxyl groups is 3. The highest BCUT2D eigenvalue weighted by Crippen LogP contribution is 2.23. The van der Waals surface area contributed by atoms with E-state index in [1.165, 1.54) is 0 Å². The Balaban J connectivity index is 2.48. The van der Waals surface area contributed by atoms with Crippen LogP contribution in [0.1, 0.15) is 13.3 Å². The second-order valence-corrected chi connectivity index (χ2v) is 3.03. The molecule has 0 aromatic rings. The summed E-state index contributed by atoms with van der Waals surface area (Å²) in [4.78, 5) is 0. The first-order valence-electron chi connectivity index (χ1n) is 3.77. The first kappa shape index (κ1) is 8.93. The maximum absolute atomic E-state index is 9.26. The van der Waals surface area contributed by atoms with Crippen LogP contribution in [-0.2, 0) is 4.74 Å². The van der Waals surface area contributed by atoms with Gasteiger partial charge in [-0.05, 0) is 6.42 Å². The minimum absolute atomic E-state index is 0.0622. The molecule has 1 aliphatic heterocycles. The van der Waals surface area contributed by atoms with Gasteiger partial charge in [-0.15, -0.1) is 0 Å². The molecule has 0 radical (unpaired) electrons. The third-order valence-electron chi connectivity index (χ3n) is 2.02. The summed E-state index contributed by atoms with van der Waals surface area (Å²) in [6, 6.07) is 0. The van der Waals surface area contributed by atoms with Gasteiger partial charge in [-0.1, -0.05) is 6.92 Å². The molecule has 1 fully saturated rings. The Morgan fingerprint density at radius 2 is 2.09 bits per heavy atom. The van der Waals surface area contributed by atoms with Crippen LogP contribution in [0.15, 0.2) is 0 Å². The van der Waals surface area contributed by atoms with E-state index >= 15 is 0 Å². The Bertz CT molecular complexity index is 128. The summed E-state index contributed by atoms with van der Waals surface area (Å²) in [5.41, 5.74) is 0. The van der Waals surface area contributed by atoms with Gasteiger partial charge in [-0.2, -0.15) is 0 Å². The first-order valence-corrected chi connectivity index (χ1v) is 3.77. The van der Waals surface area contributed by atoms with E-state index in [-0.39, 0.29) is 12.5 Å². The molecule has 66 valence electrons. The van der Waals surface area contributed by atoms with Crippen LogP contribution in [-0.4, -0.2) is 40.4 Å². The normalized spacial score (nSPS) is 45.8. The van der Waals surface area contributed by atoms with E-state index in [4.69, 9.17) is 14.9 Å². The second-order valence-electron chi connectivity index (χ2n) is 3.03. The lowest BCUT2D eigenvalue weighted by Crippen LogP contribution is -2.45. The van der Waals surface area contributed by atoms with Crippen LogP contribution < -0.4 is 0 Å². The molecule has 4 atom stereocenters. The fraction of sp³-hybridized carbons (Fsp3) is 1.00. The molecule has 0 aromatic heterocycles. The molecule has 1 aliphatic rings. The van der Waals surface area contributed by atoms with Crippen LogP contribution in [0.4, 0.5) is 0 Å². The second kappa shape index (κ2) is 3.49. The van der Waals surface area contributed by atoms with Gasteiger partial charge in [-0.25, -0.2) is 0 Å². The monoisotopic (exact) mass is 162 g/mol. The lowest BCUT2D eigenvalue weighted by molar-refractivity contribution is -0.231. The zero-order valence-corrected chi connectivity index (χ0v) is 6.47. The van der Waals surface area contributed by atoms with Gasteiger partial charge < -0.3 is 20.1 Å². The maximum Gasteiger partial charge on any atom is 0.157 e. The molecule has 3 N–H and O–H groups in total. The molecule has 4 nitrogen and oxygen atoms in total. The molecule has 0 saturated carbocycles. The van der Waals surface area contributed by atoms with E-state index in [1.807, 2.05) is 0 Å². The Morgan fingerprint density at radius 3 is 2.64 bits per heavy atom. The van der Waals surface area contributed by atoms with Crippen molar-refractivity contribution in [1.29, 1.82) is 0 Å². The largest absolute Gasteiger partial charge is 0.394 e. The fourth-order valence-corrected chi connectivity index (χ4v) is 1.22. The van der Waals surface area contributed by atoms with Gasteiger partial charge in [0.15, 0.2) is 6.29 Å². The van der Waals surface area contributed by atoms with Crippen LogP contribution in [0.5, 0.6) is 0 Å². The number of hydrogen-bond acceptors (Lipinski definition) is 4. The fourth-order valence-electron chi connectivity index (χ4n) is 1.22. The Morgan fingerprint density at radius 1 is 1.45 bits per heavy atom. The van der Waals surface area contributed by atoms with Crippen LogP contribution in [0.25, 0.3) is 0 Å². The number of rotatable bonds is 1. The summed E-state index contributed by atoms with van der Waals surface area (Å²) in [6.45, 7) is 1.55. The van der Waals surface area contributed by atoms with Crippen LogP contribution in [0, 0.1) is 5.92 Å². The summed E-state index contributed by atoms with van der Waals surface area (Å²) >= 11 is 0. The Labute approximate surface area is 65.4 Å². The van der Waals surface area contributed by atoms with Crippen molar-refractivity contribution in [3.63, 3.8) is 0 Å². The molecule has 1 heterocycles. The van der Waals surface area contributed by atoms with Gasteiger partial charge in [0.25, 0.3) is 0 Å². The Kier molecular flexibility index (Phi) is 2.84. The molecule has 0 spiro atoms. The number of ether oxygens (including phenoxy) is 1. The quantitative estimate of drug-likeness (QED) is 0.466. The predicted molar refractivity (Wildman–Crippen MR) is 37.8 cm³/mol. The van der Waals surface area contributed by atoms with Crippen molar-refractivity contribution in [3.05, 3.63) is 0 Å². The Hall–Kier alpha value is -0.160. The van der Waals surface area contributed by atoms with Crippen molar-refractivity contribution in [2.24, 2.45) is 5.92 Å². The van der Waals surface area contributed by atoms with E-state index in [9.17, 15) is 5.11 Å². The standard InChI is InChI=1S/C7H14O4/c1-4-2-5(9)6(3-8)11-7(4)10/h4-10H,2-3H2,1H3/t4?,5-,6?,7+/m0/s1. The molecule has 4 heteroatoms. The summed E-state index contributed by atoms with van der Waals surface area (Å²) in [5, 5.41) is 27.1. The average Bonchev–Trinajstić information content (AvgIpc) is 1.97. The number of hydrogen-bond donors (Lipinski definition) is 3. The molecular weight excluding hydrogens is 148 g/mol. The van der Waals surface area contributed by atoms with Gasteiger partial charge >= 0.3 is 0 Å². The molecule has 0 aromatic carbocycles. The highest BCUT2D eigenvalue weighted by atomic mass is 16.6. The van der Waals surface area contributed by atoms with Crippen LogP contribution in [0.3, 0.4) is 0 Å². The first-order chi connectivity index (χ1) is 5.15. The average molecular weight is 162 g/mol. The van der Waals surface area contributed by atoms with Gasteiger partial charge in [0.2, 0.25) is 0 Å². The topological polar surface area (TPSA) is 69.9 Å². The molecule has 11 heavy (non-hydrogen) atoms. The highest BCUT2D eigenvalue weighted by molar-refractivity contribution is 4.77. The molecule has 0 amide bonds. The molecule has 2 unspecified atom stereocenters. The zero-order chi connectivity index (χ0) is 8.43. The van der Waals surface area contributed by atoms with E-state index in [2.05, 4.69) is 0 Å². The highest BCUT2D eigenvalue weighted by Gasteiger charge is 2.32. The van der Waals surface area contributed by atoms with Crippen molar-refractivity contribution in [3.8, 4) is 0 Å². The van der Waals surface area contributed by atoms with Crippen molar-refractivity contribution in [2.75, 3.05) is 6.61 Å². The predicted octanol–water partition coefficient (Wildman–Crippen LogP) is -0.917. The molecule has 0 bridgehead atoms. The van der Waals surface area contributed by atoms with Crippen LogP contribution >= 0.6 is 0 Å². The van der Waals surface area contributed by atoms with Crippen LogP contribution in [0.2, 0.25) is 0 Å². The van der Waals surface area contributed by atoms with E-state index in [0.717, 1.165) is 0 Å². The summed E-state index contributed by atoms with van der Waals surface area (Å²) in [7, 11) is 0. The van der Waals surface area contributed by atoms with E-state index in [1.54, 1.807) is 6.92 Å². The summed E-state index contributed by atoms with van der Waals surface area (Å²) < 4.78 is 4.92. The van der Waals surface area contributed by atoms with Gasteiger partial charge in [0, 0.05) is 5.92 Å². The minimum atomic E-state index is -0.851. The van der Waals surface area contributed by atoms with Gasteiger partial charge in [0.05, 0.1) is 12.7 Å². The smallest absolute Gasteiger partial charge is 0.157 e. The van der Waals surface area contributed by atoms with E-state index in [0.29, 0.717) is 6.42 Å². The molecule has 1 saturated heterocycles. The summed E-state index contributed by atoms with van der Waals surface area (Å²) in [5.74, 6) is -0.0622. The lowest BCUT2D eigenvalue weighted by Gasteiger charge is -2.34. The van der Waals surface area contributed by atoms with E-state index < -0.39 is 18.5 Å². The molecular formula is C7H14O4. The van der Waals surface area contributed by atoms with Gasteiger partial charge in [0.1, 0.15) is 6.10 Å². The van der Waals surface area contributed by atoms with Crippen molar-refractivity contribution in [1.82, 2.24) is 0 Å². The third kappa shape index (κ3) is 1.90. The SMILES string of the molecule is CC1C[C@H](O)C(CO)O[C@H]1O. The number of aliphatic hydroxyl groups excluding tert-OH is 3. The lowest BCUT2D eigenvalue weighted by atomic mass is 9.96. The minimum Gasteiger partial charge on any atom is -0.394 e. The maximum atomic E-state index is 9.26. The van der Waals surface area contributed by atoms with Crippen molar-refractivity contribution in [2.45, 2.75) is 31.8 Å². The van der Waals surface area contributed by atoms with Crippen molar-refractivity contribution < 1.29 is 20.1 Å². The molecule has 1 rings (SSSR count).